The number of esters is 1. The minimum Gasteiger partial charge on any atom is -0.465 e. The topological polar surface area (TPSA) is 98.5 Å². The number of benzene rings is 1. The fraction of sp³-hybridized carbons (Fsp3) is 0.471. The monoisotopic (exact) mass is 382 g/mol. The van der Waals surface area contributed by atoms with E-state index in [4.69, 9.17) is 10.5 Å². The summed E-state index contributed by atoms with van der Waals surface area (Å²) in [5.41, 5.74) is 5.83. The number of nitrogens with two attached hydrogens (primary N) is 1. The van der Waals surface area contributed by atoms with Gasteiger partial charge in [0.1, 0.15) is 9.77 Å². The number of hydrogen-bond donors (Lipinski definition) is 2. The van der Waals surface area contributed by atoms with Gasteiger partial charge >= 0.3 is 5.97 Å². The standard InChI is InChI=1S/C17H22N2O4S2/c1-23-17(20)15-16(12-8-4-5-9-14(12)24-15)25(21,22)19-13(10-18)11-6-2-3-7-11/h4-5,8-9,11,13,19H,2-3,6-7,10,18H2,1H3. The lowest BCUT2D eigenvalue weighted by molar-refractivity contribution is 0.0602. The number of methoxy groups -OCH3 is 1. The molecule has 1 atom stereocenters. The van der Waals surface area contributed by atoms with E-state index in [1.54, 1.807) is 18.2 Å². The minimum atomic E-state index is -3.90. The maximum atomic E-state index is 13.1. The quantitative estimate of drug-likeness (QED) is 0.748. The molecular formula is C17H22N2O4S2. The normalized spacial score (nSPS) is 17.0. The highest BCUT2D eigenvalue weighted by Gasteiger charge is 2.33. The lowest BCUT2D eigenvalue weighted by Gasteiger charge is -2.23. The molecule has 1 aliphatic carbocycles. The average Bonchev–Trinajstić information content (AvgIpc) is 3.26. The summed E-state index contributed by atoms with van der Waals surface area (Å²) >= 11 is 1.13. The molecule has 0 bridgehead atoms. The molecule has 0 spiro atoms. The molecule has 1 fully saturated rings. The first-order chi connectivity index (χ1) is 12.0. The summed E-state index contributed by atoms with van der Waals surface area (Å²) in [6.07, 6.45) is 4.13. The van der Waals surface area contributed by atoms with Crippen LogP contribution in [0.4, 0.5) is 0 Å². The maximum Gasteiger partial charge on any atom is 0.349 e. The van der Waals surface area contributed by atoms with E-state index < -0.39 is 16.0 Å². The molecule has 3 rings (SSSR count). The summed E-state index contributed by atoms with van der Waals surface area (Å²) in [4.78, 5) is 12.2. The van der Waals surface area contributed by atoms with E-state index in [1.807, 2.05) is 6.07 Å². The van der Waals surface area contributed by atoms with Gasteiger partial charge in [0.05, 0.1) is 7.11 Å². The van der Waals surface area contributed by atoms with Crippen molar-refractivity contribution in [1.82, 2.24) is 4.72 Å². The molecular weight excluding hydrogens is 360 g/mol. The molecule has 25 heavy (non-hydrogen) atoms. The van der Waals surface area contributed by atoms with Gasteiger partial charge in [0, 0.05) is 22.7 Å². The molecule has 136 valence electrons. The fourth-order valence-electron chi connectivity index (χ4n) is 3.47. The average molecular weight is 383 g/mol. The van der Waals surface area contributed by atoms with Crippen LogP contribution in [0.1, 0.15) is 35.4 Å². The first kappa shape index (κ1) is 18.3. The van der Waals surface area contributed by atoms with Crippen LogP contribution < -0.4 is 10.5 Å². The first-order valence-corrected chi connectivity index (χ1v) is 10.6. The van der Waals surface area contributed by atoms with Crippen molar-refractivity contribution in [3.05, 3.63) is 29.1 Å². The van der Waals surface area contributed by atoms with E-state index in [0.29, 0.717) is 5.39 Å². The van der Waals surface area contributed by atoms with E-state index >= 15 is 0 Å². The molecule has 8 heteroatoms. The number of ether oxygens (including phenoxy) is 1. The number of fused-ring (bicyclic) bond motifs is 1. The molecule has 1 aromatic heterocycles. The maximum absolute atomic E-state index is 13.1. The van der Waals surface area contributed by atoms with E-state index in [-0.39, 0.29) is 28.3 Å². The molecule has 0 radical (unpaired) electrons. The molecule has 0 saturated heterocycles. The van der Waals surface area contributed by atoms with Gasteiger partial charge in [0.25, 0.3) is 0 Å². The Hall–Kier alpha value is -1.48. The highest BCUT2D eigenvalue weighted by molar-refractivity contribution is 7.90. The Morgan fingerprint density at radius 1 is 1.36 bits per heavy atom. The van der Waals surface area contributed by atoms with Gasteiger partial charge in [-0.3, -0.25) is 0 Å². The van der Waals surface area contributed by atoms with Gasteiger partial charge in [0.15, 0.2) is 0 Å². The van der Waals surface area contributed by atoms with Crippen LogP contribution in [0.3, 0.4) is 0 Å². The van der Waals surface area contributed by atoms with Gasteiger partial charge in [-0.2, -0.15) is 0 Å². The second-order valence-corrected chi connectivity index (χ2v) is 8.96. The van der Waals surface area contributed by atoms with Crippen LogP contribution in [0, 0.1) is 5.92 Å². The van der Waals surface area contributed by atoms with Crippen molar-refractivity contribution < 1.29 is 17.9 Å². The summed E-state index contributed by atoms with van der Waals surface area (Å²) in [5.74, 6) is -0.405. The molecule has 1 heterocycles. The Morgan fingerprint density at radius 3 is 2.68 bits per heavy atom. The lowest BCUT2D eigenvalue weighted by Crippen LogP contribution is -2.44. The van der Waals surface area contributed by atoms with Crippen LogP contribution in [0.2, 0.25) is 0 Å². The number of rotatable bonds is 6. The summed E-state index contributed by atoms with van der Waals surface area (Å²) < 4.78 is 34.5. The van der Waals surface area contributed by atoms with Crippen LogP contribution in [0.5, 0.6) is 0 Å². The summed E-state index contributed by atoms with van der Waals surface area (Å²) in [6, 6.07) is 6.75. The van der Waals surface area contributed by atoms with Gasteiger partial charge in [-0.1, -0.05) is 31.0 Å². The molecule has 6 nitrogen and oxygen atoms in total. The van der Waals surface area contributed by atoms with Crippen molar-refractivity contribution in [1.29, 1.82) is 0 Å². The van der Waals surface area contributed by atoms with Crippen LogP contribution >= 0.6 is 11.3 Å². The Bertz CT molecular complexity index is 870. The number of carbonyl (C=O) groups excluding carboxylic acids is 1. The van der Waals surface area contributed by atoms with Crippen LogP contribution in [-0.2, 0) is 14.8 Å². The van der Waals surface area contributed by atoms with Gasteiger partial charge in [-0.15, -0.1) is 11.3 Å². The second kappa shape index (κ2) is 7.41. The lowest BCUT2D eigenvalue weighted by atomic mass is 9.99. The number of nitrogens with one attached hydrogen (secondary N) is 1. The Labute approximate surface area is 151 Å². The molecule has 1 aromatic carbocycles. The van der Waals surface area contributed by atoms with Crippen LogP contribution in [0.15, 0.2) is 29.2 Å². The van der Waals surface area contributed by atoms with E-state index in [1.165, 1.54) is 7.11 Å². The molecule has 3 N–H and O–H groups in total. The van der Waals surface area contributed by atoms with Crippen molar-refractivity contribution in [2.75, 3.05) is 13.7 Å². The molecule has 1 saturated carbocycles. The summed E-state index contributed by atoms with van der Waals surface area (Å²) in [6.45, 7) is 0.236. The smallest absolute Gasteiger partial charge is 0.349 e. The number of carbonyl (C=O) groups is 1. The van der Waals surface area contributed by atoms with E-state index in [9.17, 15) is 13.2 Å². The largest absolute Gasteiger partial charge is 0.465 e. The van der Waals surface area contributed by atoms with Gasteiger partial charge in [-0.05, 0) is 24.8 Å². The number of thiophene rings is 1. The van der Waals surface area contributed by atoms with Crippen molar-refractivity contribution >= 4 is 37.4 Å². The zero-order valence-electron chi connectivity index (χ0n) is 14.0. The molecule has 1 aliphatic rings. The third-order valence-electron chi connectivity index (χ3n) is 4.72. The zero-order chi connectivity index (χ0) is 18.0. The third-order valence-corrected chi connectivity index (χ3v) is 7.57. The van der Waals surface area contributed by atoms with Crippen molar-refractivity contribution in [2.24, 2.45) is 11.7 Å². The number of hydrogen-bond acceptors (Lipinski definition) is 6. The first-order valence-electron chi connectivity index (χ1n) is 8.30. The Morgan fingerprint density at radius 2 is 2.04 bits per heavy atom. The van der Waals surface area contributed by atoms with Crippen LogP contribution in [-0.4, -0.2) is 34.1 Å². The van der Waals surface area contributed by atoms with Crippen molar-refractivity contribution in [3.8, 4) is 0 Å². The van der Waals surface area contributed by atoms with Gasteiger partial charge in [0.2, 0.25) is 10.0 Å². The third kappa shape index (κ3) is 3.57. The predicted octanol–water partition coefficient (Wildman–Crippen LogP) is 2.48. The van der Waals surface area contributed by atoms with Gasteiger partial charge in [-0.25, -0.2) is 17.9 Å². The predicted molar refractivity (Wildman–Crippen MR) is 98.3 cm³/mol. The Kier molecular flexibility index (Phi) is 5.43. The van der Waals surface area contributed by atoms with Crippen LogP contribution in [0.25, 0.3) is 10.1 Å². The van der Waals surface area contributed by atoms with Crippen molar-refractivity contribution in [3.63, 3.8) is 0 Å². The molecule has 0 amide bonds. The summed E-state index contributed by atoms with van der Waals surface area (Å²) in [5, 5.41) is 0.530. The zero-order valence-corrected chi connectivity index (χ0v) is 15.7. The van der Waals surface area contributed by atoms with Gasteiger partial charge < -0.3 is 10.5 Å². The highest BCUT2D eigenvalue weighted by Crippen LogP contribution is 2.36. The van der Waals surface area contributed by atoms with E-state index in [2.05, 4.69) is 4.72 Å². The minimum absolute atomic E-state index is 0.00334. The fourth-order valence-corrected chi connectivity index (χ4v) is 6.61. The second-order valence-electron chi connectivity index (χ2n) is 6.26. The summed E-state index contributed by atoms with van der Waals surface area (Å²) in [7, 11) is -2.65. The SMILES string of the molecule is COC(=O)c1sc2ccccc2c1S(=O)(=O)NC(CN)C1CCCC1. The number of sulfonamides is 1. The van der Waals surface area contributed by atoms with E-state index in [0.717, 1.165) is 41.7 Å². The molecule has 0 aliphatic heterocycles. The molecule has 2 aromatic rings. The Balaban J connectivity index is 2.05. The van der Waals surface area contributed by atoms with Crippen molar-refractivity contribution in [2.45, 2.75) is 36.6 Å². The highest BCUT2D eigenvalue weighted by atomic mass is 32.2. The molecule has 1 unspecified atom stereocenters.